The molecule has 0 N–H and O–H groups in total. The molecule has 8 heteroatoms. The second-order valence-corrected chi connectivity index (χ2v) is 15.6. The normalized spacial score (nSPS) is 11.9. The van der Waals surface area contributed by atoms with Gasteiger partial charge in [-0.25, -0.2) is 0 Å². The molecule has 0 atom stereocenters. The van der Waals surface area contributed by atoms with Gasteiger partial charge in [0, 0.05) is 36.8 Å². The van der Waals surface area contributed by atoms with E-state index in [-0.39, 0.29) is 11.6 Å². The van der Waals surface area contributed by atoms with E-state index in [0.29, 0.717) is 88.0 Å². The number of ether oxygens (including phenoxy) is 6. The van der Waals surface area contributed by atoms with Crippen LogP contribution in [0.5, 0.6) is 34.5 Å². The molecule has 320 valence electrons. The summed E-state index contributed by atoms with van der Waals surface area (Å²) in [6.45, 7) is 9.84. The molecule has 8 nitrogen and oxygen atoms in total. The van der Waals surface area contributed by atoms with Crippen LogP contribution in [0.4, 0.5) is 0 Å². The van der Waals surface area contributed by atoms with Gasteiger partial charge >= 0.3 is 0 Å². The number of fused-ring (bicyclic) bond motifs is 8. The zero-order chi connectivity index (χ0) is 43.3. The van der Waals surface area contributed by atoms with Crippen LogP contribution >= 0.6 is 0 Å². The van der Waals surface area contributed by atoms with Gasteiger partial charge in [0.15, 0.2) is 11.6 Å². The Kier molecular flexibility index (Phi) is 15.0. The fraction of sp³-hybridized carbons (Fsp3) is 0.296. The number of ketones is 2. The molecular weight excluding hydrogens is 777 g/mol. The molecule has 0 aliphatic heterocycles. The van der Waals surface area contributed by atoms with Crippen LogP contribution in [0.3, 0.4) is 0 Å². The summed E-state index contributed by atoms with van der Waals surface area (Å²) in [7, 11) is 0. The predicted octanol–water partition coefficient (Wildman–Crippen LogP) is 11.3. The minimum atomic E-state index is 0.0183. The molecule has 0 unspecified atom stereocenters. The summed E-state index contributed by atoms with van der Waals surface area (Å²) in [5.41, 5.74) is 9.78. The lowest BCUT2D eigenvalue weighted by molar-refractivity contribution is 0.100. The van der Waals surface area contributed by atoms with E-state index in [0.717, 1.165) is 80.3 Å². The van der Waals surface area contributed by atoms with Crippen LogP contribution in [0.2, 0.25) is 0 Å². The summed E-state index contributed by atoms with van der Waals surface area (Å²) in [5.74, 6) is 4.81. The number of carbonyl (C=O) groups excluding carboxylic acids is 2. The summed E-state index contributed by atoms with van der Waals surface area (Å²) >= 11 is 0. The van der Waals surface area contributed by atoms with E-state index in [1.807, 2.05) is 24.3 Å². The third-order valence-corrected chi connectivity index (χ3v) is 10.9. The molecule has 0 saturated heterocycles. The Hall–Kier alpha value is -6.54. The Morgan fingerprint density at radius 3 is 0.839 bits per heavy atom. The molecule has 7 rings (SSSR count). The highest BCUT2D eigenvalue weighted by molar-refractivity contribution is 5.94. The number of hydrogen-bond acceptors (Lipinski definition) is 8. The molecule has 0 radical (unpaired) electrons. The molecule has 8 bridgehead atoms. The molecule has 6 aromatic carbocycles. The lowest BCUT2D eigenvalue weighted by Gasteiger charge is -2.23. The third kappa shape index (κ3) is 11.0. The summed E-state index contributed by atoms with van der Waals surface area (Å²) in [4.78, 5) is 23.6. The second kappa shape index (κ2) is 21.3. The number of para-hydroxylation sites is 4. The Labute approximate surface area is 365 Å². The van der Waals surface area contributed by atoms with Crippen molar-refractivity contribution in [1.82, 2.24) is 0 Å². The number of rotatable bonds is 18. The second-order valence-electron chi connectivity index (χ2n) is 15.6. The van der Waals surface area contributed by atoms with Gasteiger partial charge in [-0.05, 0) is 120 Å². The molecule has 0 saturated carbocycles. The number of carbonyl (C=O) groups is 2. The molecule has 0 amide bonds. The average Bonchev–Trinajstić information content (AvgIpc) is 3.27. The minimum absolute atomic E-state index is 0.0183. The maximum absolute atomic E-state index is 11.8. The van der Waals surface area contributed by atoms with Crippen molar-refractivity contribution < 1.29 is 38.0 Å². The largest absolute Gasteiger partial charge is 0.493 e. The van der Waals surface area contributed by atoms with Crippen molar-refractivity contribution in [3.8, 4) is 34.5 Å². The van der Waals surface area contributed by atoms with Crippen molar-refractivity contribution in [3.05, 3.63) is 177 Å². The third-order valence-electron chi connectivity index (χ3n) is 10.9. The van der Waals surface area contributed by atoms with Crippen LogP contribution in [0.25, 0.3) is 0 Å². The first-order valence-electron chi connectivity index (χ1n) is 21.7. The average molecular weight is 833 g/mol. The van der Waals surface area contributed by atoms with Crippen molar-refractivity contribution in [2.45, 2.75) is 66.2 Å². The van der Waals surface area contributed by atoms with E-state index in [1.54, 1.807) is 38.1 Å². The standard InChI is InChI=1S/C54H56O8/c1-5-27-59-51-41-11-7-12-42(51)34-46-16-10-18-48(54(46)62-32-30-58-50-25-21-40(22-26-50)38(4)56)36-44-14-8-13-43(52(44)60-28-6-2)35-47-17-9-15-45(33-41)53(47)61-31-29-57-49-23-19-39(20-24-49)37(3)55/h7-26H,5-6,27-36H2,1-4H3. The Morgan fingerprint density at radius 2 is 0.597 bits per heavy atom. The molecule has 0 fully saturated rings. The summed E-state index contributed by atoms with van der Waals surface area (Å²) in [6.07, 6.45) is 4.12. The zero-order valence-corrected chi connectivity index (χ0v) is 36.3. The van der Waals surface area contributed by atoms with E-state index in [9.17, 15) is 9.59 Å². The van der Waals surface area contributed by atoms with Crippen molar-refractivity contribution in [2.24, 2.45) is 0 Å². The van der Waals surface area contributed by atoms with Crippen LogP contribution in [0.1, 0.15) is 106 Å². The van der Waals surface area contributed by atoms with Gasteiger partial charge in [0.05, 0.1) is 13.2 Å². The van der Waals surface area contributed by atoms with Crippen LogP contribution in [0.15, 0.2) is 121 Å². The topological polar surface area (TPSA) is 89.5 Å². The predicted molar refractivity (Wildman–Crippen MR) is 243 cm³/mol. The molecule has 0 heterocycles. The fourth-order valence-corrected chi connectivity index (χ4v) is 7.81. The first kappa shape index (κ1) is 43.5. The molecule has 62 heavy (non-hydrogen) atoms. The zero-order valence-electron chi connectivity index (χ0n) is 36.3. The molecule has 0 spiro atoms. The number of Topliss-reactive ketones (excluding diaryl/α,β-unsaturated/α-hetero) is 2. The van der Waals surface area contributed by atoms with Gasteiger partial charge in [0.2, 0.25) is 0 Å². The van der Waals surface area contributed by atoms with Gasteiger partial charge in [0.1, 0.15) is 60.9 Å². The Bertz CT molecular complexity index is 2190. The van der Waals surface area contributed by atoms with Crippen LogP contribution in [-0.2, 0) is 25.7 Å². The summed E-state index contributed by atoms with van der Waals surface area (Å²) < 4.78 is 38.9. The Morgan fingerprint density at radius 1 is 0.355 bits per heavy atom. The highest BCUT2D eigenvalue weighted by Crippen LogP contribution is 2.39. The van der Waals surface area contributed by atoms with Crippen molar-refractivity contribution in [3.63, 3.8) is 0 Å². The summed E-state index contributed by atoms with van der Waals surface area (Å²) in [5, 5.41) is 0. The number of hydrogen-bond donors (Lipinski definition) is 0. The summed E-state index contributed by atoms with van der Waals surface area (Å²) in [6, 6.07) is 40.0. The number of benzene rings is 6. The van der Waals surface area contributed by atoms with Gasteiger partial charge < -0.3 is 28.4 Å². The van der Waals surface area contributed by atoms with E-state index in [1.165, 1.54) is 0 Å². The first-order chi connectivity index (χ1) is 30.3. The monoisotopic (exact) mass is 832 g/mol. The lowest BCUT2D eigenvalue weighted by atomic mass is 9.91. The van der Waals surface area contributed by atoms with Gasteiger partial charge in [0.25, 0.3) is 0 Å². The SMILES string of the molecule is CCCOc1c2cccc1Cc1cccc(c1OCCOc1ccc(C(C)=O)cc1)Cc1cccc(c1OCCC)Cc1cccc(c1OCCOc1ccc(C(C)=O)cc1)C2. The highest BCUT2D eigenvalue weighted by atomic mass is 16.5. The molecule has 0 aromatic heterocycles. The highest BCUT2D eigenvalue weighted by Gasteiger charge is 2.22. The van der Waals surface area contributed by atoms with E-state index >= 15 is 0 Å². The molecule has 6 aromatic rings. The maximum Gasteiger partial charge on any atom is 0.159 e. The molecule has 1 aliphatic rings. The molecular formula is C54H56O8. The maximum atomic E-state index is 11.8. The van der Waals surface area contributed by atoms with E-state index in [4.69, 9.17) is 28.4 Å². The first-order valence-corrected chi connectivity index (χ1v) is 21.7. The Balaban J connectivity index is 1.25. The van der Waals surface area contributed by atoms with Gasteiger partial charge in [-0.3, -0.25) is 9.59 Å². The van der Waals surface area contributed by atoms with E-state index < -0.39 is 0 Å². The van der Waals surface area contributed by atoms with Crippen molar-refractivity contribution >= 4 is 11.6 Å². The van der Waals surface area contributed by atoms with Crippen molar-refractivity contribution in [1.29, 1.82) is 0 Å². The van der Waals surface area contributed by atoms with Gasteiger partial charge in [-0.1, -0.05) is 86.6 Å². The van der Waals surface area contributed by atoms with E-state index in [2.05, 4.69) is 86.6 Å². The quantitative estimate of drug-likeness (QED) is 0.0624. The van der Waals surface area contributed by atoms with Crippen LogP contribution in [-0.4, -0.2) is 51.2 Å². The molecule has 1 aliphatic carbocycles. The van der Waals surface area contributed by atoms with Crippen LogP contribution in [0, 0.1) is 0 Å². The van der Waals surface area contributed by atoms with Crippen molar-refractivity contribution in [2.75, 3.05) is 39.6 Å². The van der Waals surface area contributed by atoms with Crippen LogP contribution < -0.4 is 28.4 Å². The van der Waals surface area contributed by atoms with Gasteiger partial charge in [-0.15, -0.1) is 0 Å². The fourth-order valence-electron chi connectivity index (χ4n) is 7.81. The minimum Gasteiger partial charge on any atom is -0.493 e. The lowest BCUT2D eigenvalue weighted by Crippen LogP contribution is -2.13. The van der Waals surface area contributed by atoms with Gasteiger partial charge in [-0.2, -0.15) is 0 Å². The smallest absolute Gasteiger partial charge is 0.159 e.